The number of aromatic nitrogens is 1. The Morgan fingerprint density at radius 3 is 2.80 bits per heavy atom. The number of hydrogen-bond acceptors (Lipinski definition) is 3. The lowest BCUT2D eigenvalue weighted by Crippen LogP contribution is -2.00. The highest BCUT2D eigenvalue weighted by Gasteiger charge is 1.97. The van der Waals surface area contributed by atoms with E-state index in [1.165, 1.54) is 6.42 Å². The third kappa shape index (κ3) is 4.46. The summed E-state index contributed by atoms with van der Waals surface area (Å²) >= 11 is 0. The monoisotopic (exact) mass is 204 g/mol. The van der Waals surface area contributed by atoms with E-state index in [-0.39, 0.29) is 0 Å². The first kappa shape index (κ1) is 11.5. The van der Waals surface area contributed by atoms with E-state index in [1.807, 2.05) is 6.07 Å². The van der Waals surface area contributed by atoms with Crippen molar-refractivity contribution in [2.45, 2.75) is 26.7 Å². The lowest BCUT2D eigenvalue weighted by Gasteiger charge is -2.06. The molecular formula is C12H16N2O. The van der Waals surface area contributed by atoms with Gasteiger partial charge in [0.1, 0.15) is 17.5 Å². The van der Waals surface area contributed by atoms with Crippen LogP contribution in [0, 0.1) is 17.2 Å². The summed E-state index contributed by atoms with van der Waals surface area (Å²) in [5.74, 6) is 1.45. The van der Waals surface area contributed by atoms with Crippen LogP contribution in [0.1, 0.15) is 32.4 Å². The minimum absolute atomic E-state index is 0.421. The van der Waals surface area contributed by atoms with Gasteiger partial charge in [-0.3, -0.25) is 0 Å². The first-order chi connectivity index (χ1) is 7.22. The van der Waals surface area contributed by atoms with E-state index in [1.54, 1.807) is 18.3 Å². The van der Waals surface area contributed by atoms with Gasteiger partial charge in [-0.15, -0.1) is 0 Å². The quantitative estimate of drug-likeness (QED) is 0.693. The molecule has 0 aliphatic heterocycles. The molecule has 15 heavy (non-hydrogen) atoms. The van der Waals surface area contributed by atoms with E-state index in [4.69, 9.17) is 10.00 Å². The number of nitrogens with zero attached hydrogens (tertiary/aromatic N) is 2. The van der Waals surface area contributed by atoms with Crippen molar-refractivity contribution >= 4 is 0 Å². The molecule has 0 radical (unpaired) electrons. The summed E-state index contributed by atoms with van der Waals surface area (Å²) in [4.78, 5) is 3.92. The van der Waals surface area contributed by atoms with Crippen LogP contribution in [-0.4, -0.2) is 11.6 Å². The molecule has 1 aromatic heterocycles. The number of pyridine rings is 1. The summed E-state index contributed by atoms with van der Waals surface area (Å²) in [6.07, 6.45) is 3.81. The fourth-order valence-corrected chi connectivity index (χ4v) is 1.21. The van der Waals surface area contributed by atoms with Crippen LogP contribution in [0.15, 0.2) is 18.3 Å². The van der Waals surface area contributed by atoms with Gasteiger partial charge < -0.3 is 4.74 Å². The topological polar surface area (TPSA) is 45.9 Å². The van der Waals surface area contributed by atoms with Crippen LogP contribution < -0.4 is 4.74 Å². The van der Waals surface area contributed by atoms with Crippen molar-refractivity contribution in [3.63, 3.8) is 0 Å². The molecule has 1 rings (SSSR count). The molecule has 3 nitrogen and oxygen atoms in total. The lowest BCUT2D eigenvalue weighted by atomic mass is 10.1. The van der Waals surface area contributed by atoms with E-state index >= 15 is 0 Å². The standard InChI is InChI=1S/C12H16N2O/c1-10(2)4-3-7-15-12-6-5-11(8-13)14-9-12/h5-6,9-10H,3-4,7H2,1-2H3. The van der Waals surface area contributed by atoms with Crippen LogP contribution in [0.25, 0.3) is 0 Å². The van der Waals surface area contributed by atoms with Gasteiger partial charge in [-0.05, 0) is 30.9 Å². The van der Waals surface area contributed by atoms with Gasteiger partial charge in [0, 0.05) is 0 Å². The Labute approximate surface area is 90.7 Å². The maximum Gasteiger partial charge on any atom is 0.140 e. The average Bonchev–Trinajstić information content (AvgIpc) is 2.25. The zero-order valence-electron chi connectivity index (χ0n) is 9.23. The van der Waals surface area contributed by atoms with Gasteiger partial charge in [0.25, 0.3) is 0 Å². The summed E-state index contributed by atoms with van der Waals surface area (Å²) in [6, 6.07) is 5.41. The number of nitriles is 1. The molecule has 0 unspecified atom stereocenters. The molecule has 1 aromatic rings. The maximum atomic E-state index is 8.55. The molecule has 0 spiro atoms. The second-order valence-electron chi connectivity index (χ2n) is 3.88. The first-order valence-corrected chi connectivity index (χ1v) is 5.21. The minimum atomic E-state index is 0.421. The van der Waals surface area contributed by atoms with Crippen molar-refractivity contribution in [1.82, 2.24) is 4.98 Å². The van der Waals surface area contributed by atoms with Gasteiger partial charge >= 0.3 is 0 Å². The van der Waals surface area contributed by atoms with Crippen molar-refractivity contribution in [3.05, 3.63) is 24.0 Å². The molecule has 80 valence electrons. The molecule has 0 saturated carbocycles. The predicted molar refractivity (Wildman–Crippen MR) is 58.5 cm³/mol. The molecule has 0 bridgehead atoms. The Hall–Kier alpha value is -1.56. The number of rotatable bonds is 5. The second-order valence-corrected chi connectivity index (χ2v) is 3.88. The zero-order chi connectivity index (χ0) is 11.1. The van der Waals surface area contributed by atoms with Gasteiger partial charge in [-0.1, -0.05) is 13.8 Å². The molecule has 0 fully saturated rings. The number of ether oxygens (including phenoxy) is 1. The highest BCUT2D eigenvalue weighted by Crippen LogP contribution is 2.10. The summed E-state index contributed by atoms with van der Waals surface area (Å²) in [5.41, 5.74) is 0.421. The summed E-state index contributed by atoms with van der Waals surface area (Å²) in [5, 5.41) is 8.55. The van der Waals surface area contributed by atoms with Crippen molar-refractivity contribution in [2.24, 2.45) is 5.92 Å². The fraction of sp³-hybridized carbons (Fsp3) is 0.500. The fourth-order valence-electron chi connectivity index (χ4n) is 1.21. The molecule has 0 amide bonds. The maximum absolute atomic E-state index is 8.55. The van der Waals surface area contributed by atoms with Gasteiger partial charge in [0.15, 0.2) is 0 Å². The Bertz CT molecular complexity index is 324. The van der Waals surface area contributed by atoms with Crippen LogP contribution in [0.4, 0.5) is 0 Å². The van der Waals surface area contributed by atoms with Crippen molar-refractivity contribution in [2.75, 3.05) is 6.61 Å². The molecule has 0 atom stereocenters. The SMILES string of the molecule is CC(C)CCCOc1ccc(C#N)nc1. The smallest absolute Gasteiger partial charge is 0.140 e. The van der Waals surface area contributed by atoms with Crippen LogP contribution in [-0.2, 0) is 0 Å². The third-order valence-electron chi connectivity index (χ3n) is 2.05. The largest absolute Gasteiger partial charge is 0.492 e. The van der Waals surface area contributed by atoms with Crippen LogP contribution in [0.5, 0.6) is 5.75 Å². The normalized spacial score (nSPS) is 10.0. The van der Waals surface area contributed by atoms with Gasteiger partial charge in [-0.2, -0.15) is 5.26 Å². The molecule has 0 aliphatic rings. The molecule has 1 heterocycles. The highest BCUT2D eigenvalue weighted by atomic mass is 16.5. The van der Waals surface area contributed by atoms with Crippen LogP contribution in [0.3, 0.4) is 0 Å². The van der Waals surface area contributed by atoms with E-state index in [0.717, 1.165) is 12.2 Å². The Balaban J connectivity index is 2.29. The van der Waals surface area contributed by atoms with Gasteiger partial charge in [-0.25, -0.2) is 4.98 Å². The van der Waals surface area contributed by atoms with E-state index in [0.29, 0.717) is 18.2 Å². The molecule has 0 N–H and O–H groups in total. The zero-order valence-corrected chi connectivity index (χ0v) is 9.23. The predicted octanol–water partition coefficient (Wildman–Crippen LogP) is 2.77. The summed E-state index contributed by atoms with van der Waals surface area (Å²) < 4.78 is 5.48. The number of hydrogen-bond donors (Lipinski definition) is 0. The van der Waals surface area contributed by atoms with Crippen molar-refractivity contribution < 1.29 is 4.74 Å². The van der Waals surface area contributed by atoms with Crippen molar-refractivity contribution in [3.8, 4) is 11.8 Å². The second kappa shape index (κ2) is 6.02. The molecule has 3 heteroatoms. The molecular weight excluding hydrogens is 188 g/mol. The van der Waals surface area contributed by atoms with Crippen molar-refractivity contribution in [1.29, 1.82) is 5.26 Å². The Kier molecular flexibility index (Phi) is 4.62. The van der Waals surface area contributed by atoms with Crippen LogP contribution in [0.2, 0.25) is 0 Å². The lowest BCUT2D eigenvalue weighted by molar-refractivity contribution is 0.296. The Morgan fingerprint density at radius 1 is 1.47 bits per heavy atom. The van der Waals surface area contributed by atoms with Gasteiger partial charge in [0.05, 0.1) is 12.8 Å². The van der Waals surface area contributed by atoms with E-state index < -0.39 is 0 Å². The van der Waals surface area contributed by atoms with Crippen LogP contribution >= 0.6 is 0 Å². The summed E-state index contributed by atoms with van der Waals surface area (Å²) in [7, 11) is 0. The average molecular weight is 204 g/mol. The summed E-state index contributed by atoms with van der Waals surface area (Å²) in [6.45, 7) is 5.11. The van der Waals surface area contributed by atoms with E-state index in [2.05, 4.69) is 18.8 Å². The Morgan fingerprint density at radius 2 is 2.27 bits per heavy atom. The minimum Gasteiger partial charge on any atom is -0.492 e. The third-order valence-corrected chi connectivity index (χ3v) is 2.05. The van der Waals surface area contributed by atoms with Gasteiger partial charge in [0.2, 0.25) is 0 Å². The molecule has 0 aliphatic carbocycles. The molecule has 0 saturated heterocycles. The van der Waals surface area contributed by atoms with E-state index in [9.17, 15) is 0 Å². The highest BCUT2D eigenvalue weighted by molar-refractivity contribution is 5.26. The molecule has 0 aromatic carbocycles. The first-order valence-electron chi connectivity index (χ1n) is 5.21.